The zero-order valence-corrected chi connectivity index (χ0v) is 19.9. The van der Waals surface area contributed by atoms with Crippen molar-refractivity contribution in [3.63, 3.8) is 0 Å². The van der Waals surface area contributed by atoms with Crippen LogP contribution in [0.3, 0.4) is 0 Å². The number of hydrogen-bond acceptors (Lipinski definition) is 3. The molecular weight excluding hydrogens is 462 g/mol. The lowest BCUT2D eigenvalue weighted by Crippen LogP contribution is -2.74. The Hall–Kier alpha value is -3.21. The van der Waals surface area contributed by atoms with Crippen LogP contribution in [0.1, 0.15) is 22.8 Å². The Morgan fingerprint density at radius 3 is 2.21 bits per heavy atom. The minimum Gasteiger partial charge on any atom is -0.478 e. The van der Waals surface area contributed by atoms with E-state index in [0.717, 1.165) is 16.1 Å². The van der Waals surface area contributed by atoms with Gasteiger partial charge in [-0.3, -0.25) is 9.69 Å². The number of rotatable bonds is 4. The summed E-state index contributed by atoms with van der Waals surface area (Å²) in [6.45, 7) is 0. The van der Waals surface area contributed by atoms with Crippen LogP contribution in [0.25, 0.3) is 0 Å². The van der Waals surface area contributed by atoms with Crippen LogP contribution in [-0.2, 0) is 10.3 Å². The molecule has 0 saturated carbocycles. The number of carbonyl (C=O) groups excluding carboxylic acids is 1. The molecule has 2 aliphatic heterocycles. The molecule has 0 N–H and O–H groups in total. The molecule has 3 nitrogen and oxygen atoms in total. The summed E-state index contributed by atoms with van der Waals surface area (Å²) in [7, 11) is 0. The van der Waals surface area contributed by atoms with Crippen molar-refractivity contribution in [2.75, 3.05) is 4.90 Å². The van der Waals surface area contributed by atoms with E-state index < -0.39 is 11.6 Å². The van der Waals surface area contributed by atoms with Crippen molar-refractivity contribution in [3.05, 3.63) is 125 Å². The Morgan fingerprint density at radius 2 is 1.47 bits per heavy atom. The van der Waals surface area contributed by atoms with Gasteiger partial charge in [-0.25, -0.2) is 0 Å². The fourth-order valence-corrected chi connectivity index (χ4v) is 6.59. The van der Waals surface area contributed by atoms with Crippen molar-refractivity contribution in [2.45, 2.75) is 28.2 Å². The van der Waals surface area contributed by atoms with Gasteiger partial charge < -0.3 is 4.74 Å². The lowest BCUT2D eigenvalue weighted by molar-refractivity contribution is -0.142. The van der Waals surface area contributed by atoms with Crippen molar-refractivity contribution in [3.8, 4) is 5.75 Å². The van der Waals surface area contributed by atoms with Crippen LogP contribution in [0.4, 0.5) is 5.69 Å². The third-order valence-electron chi connectivity index (χ3n) is 6.66. The molecule has 1 fully saturated rings. The molecule has 4 aromatic carbocycles. The Kier molecular flexibility index (Phi) is 5.35. The van der Waals surface area contributed by atoms with Crippen molar-refractivity contribution in [2.24, 2.45) is 0 Å². The topological polar surface area (TPSA) is 29.5 Å². The zero-order chi connectivity index (χ0) is 23.1. The van der Waals surface area contributed by atoms with E-state index in [9.17, 15) is 4.79 Å². The molecule has 0 unspecified atom stereocenters. The summed E-state index contributed by atoms with van der Waals surface area (Å²) in [6, 6.07) is 36.1. The maximum atomic E-state index is 13.8. The number of carbonyl (C=O) groups is 1. The highest BCUT2D eigenvalue weighted by Crippen LogP contribution is 2.59. The van der Waals surface area contributed by atoms with Crippen LogP contribution >= 0.6 is 23.4 Å². The second-order valence-electron chi connectivity index (χ2n) is 8.60. The molecule has 0 bridgehead atoms. The van der Waals surface area contributed by atoms with E-state index in [1.165, 1.54) is 5.56 Å². The Bertz CT molecular complexity index is 1330. The van der Waals surface area contributed by atoms with Crippen LogP contribution in [0.5, 0.6) is 5.75 Å². The Balaban J connectivity index is 1.55. The molecule has 1 amide bonds. The van der Waals surface area contributed by atoms with Gasteiger partial charge in [-0.05, 0) is 53.9 Å². The normalized spacial score (nSPS) is 23.3. The summed E-state index contributed by atoms with van der Waals surface area (Å²) < 4.78 is 6.44. The molecule has 2 aliphatic rings. The highest BCUT2D eigenvalue weighted by atomic mass is 35.5. The number of anilines is 1. The SMILES string of the molecule is O=C1[C@@H](Oc2ccccc2)[C@@]2(c3ccc(Cl)cc3)C[C@@H](c3ccccc3)Sc3ccccc3N12. The zero-order valence-electron chi connectivity index (χ0n) is 18.3. The van der Waals surface area contributed by atoms with Crippen LogP contribution in [0, 0.1) is 0 Å². The van der Waals surface area contributed by atoms with E-state index in [0.29, 0.717) is 17.2 Å². The first-order chi connectivity index (χ1) is 16.7. The summed E-state index contributed by atoms with van der Waals surface area (Å²) in [5, 5.41) is 0.805. The van der Waals surface area contributed by atoms with Crippen molar-refractivity contribution in [1.29, 1.82) is 0 Å². The molecule has 0 aromatic heterocycles. The number of ether oxygens (including phenoxy) is 1. The molecular formula is C29H22ClNO2S. The minimum atomic E-state index is -0.669. The molecule has 0 spiro atoms. The second kappa shape index (κ2) is 8.53. The van der Waals surface area contributed by atoms with Gasteiger partial charge in [-0.1, -0.05) is 84.4 Å². The third kappa shape index (κ3) is 3.41. The number of amides is 1. The number of hydrogen-bond donors (Lipinski definition) is 0. The number of thioether (sulfide) groups is 1. The van der Waals surface area contributed by atoms with Gasteiger partial charge in [-0.15, -0.1) is 11.8 Å². The van der Waals surface area contributed by atoms with E-state index in [-0.39, 0.29) is 11.2 Å². The fraction of sp³-hybridized carbons (Fsp3) is 0.138. The highest BCUT2D eigenvalue weighted by molar-refractivity contribution is 7.99. The van der Waals surface area contributed by atoms with Crippen molar-refractivity contribution < 1.29 is 9.53 Å². The molecule has 2 heterocycles. The predicted octanol–water partition coefficient (Wildman–Crippen LogP) is 7.27. The van der Waals surface area contributed by atoms with E-state index in [4.69, 9.17) is 16.3 Å². The van der Waals surface area contributed by atoms with E-state index in [1.54, 1.807) is 0 Å². The molecule has 5 heteroatoms. The predicted molar refractivity (Wildman–Crippen MR) is 138 cm³/mol. The van der Waals surface area contributed by atoms with Crippen LogP contribution < -0.4 is 9.64 Å². The average Bonchev–Trinajstić information content (AvgIpc) is 3.02. The van der Waals surface area contributed by atoms with Crippen molar-refractivity contribution >= 4 is 35.0 Å². The summed E-state index contributed by atoms with van der Waals surface area (Å²) in [6.07, 6.45) is 0.0652. The highest BCUT2D eigenvalue weighted by Gasteiger charge is 2.65. The van der Waals surface area contributed by atoms with Crippen molar-refractivity contribution in [1.82, 2.24) is 0 Å². The van der Waals surface area contributed by atoms with E-state index >= 15 is 0 Å². The average molecular weight is 484 g/mol. The fourth-order valence-electron chi connectivity index (χ4n) is 5.09. The Morgan fingerprint density at radius 1 is 0.824 bits per heavy atom. The molecule has 168 valence electrons. The third-order valence-corrected chi connectivity index (χ3v) is 8.24. The van der Waals surface area contributed by atoms with E-state index in [1.807, 2.05) is 95.5 Å². The molecule has 34 heavy (non-hydrogen) atoms. The van der Waals surface area contributed by atoms with Gasteiger partial charge in [0.05, 0.1) is 5.69 Å². The lowest BCUT2D eigenvalue weighted by atomic mass is 9.70. The number of nitrogens with zero attached hydrogens (tertiary/aromatic N) is 1. The lowest BCUT2D eigenvalue weighted by Gasteiger charge is -2.57. The van der Waals surface area contributed by atoms with Gasteiger partial charge in [-0.2, -0.15) is 0 Å². The standard InChI is InChI=1S/C29H22ClNO2S/c30-22-17-15-21(16-18-22)29-19-26(20-9-3-1-4-10-20)34-25-14-8-7-13-24(25)31(29)28(32)27(29)33-23-11-5-2-6-12-23/h1-18,26-27H,19H2/t26-,27+,29-/m0/s1. The first kappa shape index (κ1) is 21.3. The molecule has 3 atom stereocenters. The van der Waals surface area contributed by atoms with E-state index in [2.05, 4.69) is 30.3 Å². The number of halogens is 1. The minimum absolute atomic E-state index is 0.0273. The van der Waals surface area contributed by atoms with Crippen LogP contribution in [-0.4, -0.2) is 12.0 Å². The summed E-state index contributed by atoms with van der Waals surface area (Å²) >= 11 is 8.08. The van der Waals surface area contributed by atoms with Gasteiger partial charge in [0.15, 0.2) is 0 Å². The maximum absolute atomic E-state index is 13.8. The number of fused-ring (bicyclic) bond motifs is 3. The first-order valence-corrected chi connectivity index (χ1v) is 12.5. The molecule has 4 aromatic rings. The number of benzene rings is 4. The summed E-state index contributed by atoms with van der Waals surface area (Å²) in [5.41, 5.74) is 2.52. The largest absolute Gasteiger partial charge is 0.478 e. The smallest absolute Gasteiger partial charge is 0.271 e. The maximum Gasteiger partial charge on any atom is 0.271 e. The quantitative estimate of drug-likeness (QED) is 0.286. The van der Waals surface area contributed by atoms with Gasteiger partial charge in [0, 0.05) is 15.2 Å². The molecule has 0 aliphatic carbocycles. The number of para-hydroxylation sites is 2. The van der Waals surface area contributed by atoms with Gasteiger partial charge in [0.2, 0.25) is 6.10 Å². The molecule has 0 radical (unpaired) electrons. The van der Waals surface area contributed by atoms with Crippen LogP contribution in [0.2, 0.25) is 5.02 Å². The van der Waals surface area contributed by atoms with Gasteiger partial charge >= 0.3 is 0 Å². The van der Waals surface area contributed by atoms with Gasteiger partial charge in [0.25, 0.3) is 5.91 Å². The Labute approximate surface area is 208 Å². The first-order valence-electron chi connectivity index (χ1n) is 11.3. The molecule has 6 rings (SSSR count). The summed E-state index contributed by atoms with van der Waals surface area (Å²) in [4.78, 5) is 16.8. The second-order valence-corrected chi connectivity index (χ2v) is 10.3. The van der Waals surface area contributed by atoms with Crippen LogP contribution in [0.15, 0.2) is 114 Å². The summed E-state index contributed by atoms with van der Waals surface area (Å²) in [5.74, 6) is 0.663. The monoisotopic (exact) mass is 483 g/mol. The van der Waals surface area contributed by atoms with Gasteiger partial charge in [0.1, 0.15) is 11.3 Å². The number of β-lactam (4-membered cyclic amide) rings is 1. The molecule has 1 saturated heterocycles.